The van der Waals surface area contributed by atoms with E-state index in [4.69, 9.17) is 16.3 Å². The zero-order valence-electron chi connectivity index (χ0n) is 11.3. The molecule has 5 nitrogen and oxygen atoms in total. The first-order valence-electron chi connectivity index (χ1n) is 6.51. The molecule has 1 fully saturated rings. The monoisotopic (exact) mass is 296 g/mol. The lowest BCUT2D eigenvalue weighted by atomic mass is 10.1. The molecule has 0 aliphatic carbocycles. The summed E-state index contributed by atoms with van der Waals surface area (Å²) in [6, 6.07) is 5.01. The minimum Gasteiger partial charge on any atom is -0.495 e. The number of rotatable bonds is 4. The van der Waals surface area contributed by atoms with Crippen molar-refractivity contribution in [3.8, 4) is 5.75 Å². The molecule has 108 valence electrons. The third-order valence-electron chi connectivity index (χ3n) is 3.19. The molecule has 2 amide bonds. The number of halogens is 1. The van der Waals surface area contributed by atoms with Gasteiger partial charge in [-0.25, -0.2) is 0 Å². The van der Waals surface area contributed by atoms with Crippen LogP contribution < -0.4 is 10.1 Å². The number of anilines is 1. The zero-order chi connectivity index (χ0) is 14.5. The van der Waals surface area contributed by atoms with Crippen molar-refractivity contribution in [3.05, 3.63) is 23.2 Å². The molecule has 0 atom stereocenters. The van der Waals surface area contributed by atoms with Crippen LogP contribution in [0.4, 0.5) is 5.69 Å². The van der Waals surface area contributed by atoms with Crippen molar-refractivity contribution in [2.24, 2.45) is 0 Å². The molecule has 2 rings (SSSR count). The van der Waals surface area contributed by atoms with E-state index < -0.39 is 0 Å². The number of amides is 2. The Balaban J connectivity index is 1.94. The summed E-state index contributed by atoms with van der Waals surface area (Å²) in [5.74, 6) is 0.372. The van der Waals surface area contributed by atoms with E-state index in [0.29, 0.717) is 29.4 Å². The minimum absolute atomic E-state index is 0.0409. The summed E-state index contributed by atoms with van der Waals surface area (Å²) in [5.41, 5.74) is 0.588. The van der Waals surface area contributed by atoms with Crippen LogP contribution in [-0.4, -0.2) is 36.9 Å². The number of piperidine rings is 1. The molecule has 1 aliphatic heterocycles. The number of carbonyl (C=O) groups is 2. The Kier molecular flexibility index (Phi) is 4.84. The van der Waals surface area contributed by atoms with Gasteiger partial charge in [0.05, 0.1) is 18.7 Å². The van der Waals surface area contributed by atoms with E-state index >= 15 is 0 Å². The van der Waals surface area contributed by atoms with Gasteiger partial charge in [0, 0.05) is 18.7 Å². The van der Waals surface area contributed by atoms with Crippen molar-refractivity contribution in [1.29, 1.82) is 0 Å². The van der Waals surface area contributed by atoms with Gasteiger partial charge in [-0.2, -0.15) is 0 Å². The molecular formula is C14H17ClN2O3. The highest BCUT2D eigenvalue weighted by atomic mass is 35.5. The van der Waals surface area contributed by atoms with Crippen LogP contribution in [0.5, 0.6) is 5.75 Å². The summed E-state index contributed by atoms with van der Waals surface area (Å²) in [7, 11) is 1.53. The Bertz CT molecular complexity index is 519. The molecule has 0 bridgehead atoms. The second kappa shape index (κ2) is 6.61. The lowest BCUT2D eigenvalue weighted by Crippen LogP contribution is -2.40. The maximum atomic E-state index is 11.9. The zero-order valence-corrected chi connectivity index (χ0v) is 12.1. The first-order valence-corrected chi connectivity index (χ1v) is 6.89. The molecule has 1 N–H and O–H groups in total. The Morgan fingerprint density at radius 2 is 2.25 bits per heavy atom. The molecular weight excluding hydrogens is 280 g/mol. The molecule has 6 heteroatoms. The summed E-state index contributed by atoms with van der Waals surface area (Å²) >= 11 is 5.99. The average molecular weight is 297 g/mol. The maximum absolute atomic E-state index is 11.9. The molecule has 0 saturated carbocycles. The summed E-state index contributed by atoms with van der Waals surface area (Å²) in [5, 5.41) is 3.16. The fraction of sp³-hybridized carbons (Fsp3) is 0.429. The number of hydrogen-bond donors (Lipinski definition) is 1. The van der Waals surface area contributed by atoms with Crippen molar-refractivity contribution in [1.82, 2.24) is 4.90 Å². The summed E-state index contributed by atoms with van der Waals surface area (Å²) in [4.78, 5) is 25.1. The normalized spacial score (nSPS) is 15.1. The SMILES string of the molecule is COc1ccc(NC(=O)CN2CCCCC2=O)cc1Cl. The quantitative estimate of drug-likeness (QED) is 0.927. The van der Waals surface area contributed by atoms with Gasteiger partial charge in [0.1, 0.15) is 5.75 Å². The number of ether oxygens (including phenoxy) is 1. The molecule has 1 heterocycles. The van der Waals surface area contributed by atoms with Crippen molar-refractivity contribution in [3.63, 3.8) is 0 Å². The van der Waals surface area contributed by atoms with E-state index in [1.807, 2.05) is 0 Å². The summed E-state index contributed by atoms with van der Waals surface area (Å²) in [6.07, 6.45) is 2.39. The van der Waals surface area contributed by atoms with Crippen LogP contribution in [0.2, 0.25) is 5.02 Å². The van der Waals surface area contributed by atoms with Crippen LogP contribution in [0.15, 0.2) is 18.2 Å². The first-order chi connectivity index (χ1) is 9.60. The van der Waals surface area contributed by atoms with Crippen molar-refractivity contribution >= 4 is 29.1 Å². The summed E-state index contributed by atoms with van der Waals surface area (Å²) in [6.45, 7) is 0.734. The molecule has 0 aromatic heterocycles. The van der Waals surface area contributed by atoms with Gasteiger partial charge in [-0.1, -0.05) is 11.6 Å². The predicted molar refractivity (Wildman–Crippen MR) is 77.1 cm³/mol. The van der Waals surface area contributed by atoms with Crippen molar-refractivity contribution in [2.75, 3.05) is 25.5 Å². The van der Waals surface area contributed by atoms with E-state index in [9.17, 15) is 9.59 Å². The highest BCUT2D eigenvalue weighted by Crippen LogP contribution is 2.27. The summed E-state index contributed by atoms with van der Waals surface area (Å²) < 4.78 is 5.04. The van der Waals surface area contributed by atoms with E-state index in [-0.39, 0.29) is 18.4 Å². The fourth-order valence-electron chi connectivity index (χ4n) is 2.15. The van der Waals surface area contributed by atoms with E-state index in [1.54, 1.807) is 23.1 Å². The Labute approximate surface area is 122 Å². The van der Waals surface area contributed by atoms with Gasteiger partial charge < -0.3 is 15.0 Å². The van der Waals surface area contributed by atoms with Crippen LogP contribution in [-0.2, 0) is 9.59 Å². The molecule has 0 radical (unpaired) electrons. The number of benzene rings is 1. The third kappa shape index (κ3) is 3.63. The first kappa shape index (κ1) is 14.7. The van der Waals surface area contributed by atoms with Crippen molar-refractivity contribution < 1.29 is 14.3 Å². The Morgan fingerprint density at radius 1 is 1.45 bits per heavy atom. The predicted octanol–water partition coefficient (Wildman–Crippen LogP) is 2.30. The lowest BCUT2D eigenvalue weighted by Gasteiger charge is -2.26. The van der Waals surface area contributed by atoms with E-state index in [1.165, 1.54) is 7.11 Å². The van der Waals surface area contributed by atoms with E-state index in [0.717, 1.165) is 12.8 Å². The van der Waals surface area contributed by atoms with Crippen molar-refractivity contribution in [2.45, 2.75) is 19.3 Å². The maximum Gasteiger partial charge on any atom is 0.243 e. The smallest absolute Gasteiger partial charge is 0.243 e. The molecule has 1 aromatic rings. The number of nitrogens with zero attached hydrogens (tertiary/aromatic N) is 1. The van der Waals surface area contributed by atoms with Gasteiger partial charge in [0.15, 0.2) is 0 Å². The molecule has 0 spiro atoms. The number of carbonyl (C=O) groups excluding carboxylic acids is 2. The van der Waals surface area contributed by atoms with Gasteiger partial charge in [-0.05, 0) is 31.0 Å². The van der Waals surface area contributed by atoms with Crippen LogP contribution in [0, 0.1) is 0 Å². The largest absolute Gasteiger partial charge is 0.495 e. The fourth-order valence-corrected chi connectivity index (χ4v) is 2.40. The lowest BCUT2D eigenvalue weighted by molar-refractivity contribution is -0.136. The van der Waals surface area contributed by atoms with Crippen LogP contribution in [0.25, 0.3) is 0 Å². The Hall–Kier alpha value is -1.75. The van der Waals surface area contributed by atoms with Gasteiger partial charge in [-0.15, -0.1) is 0 Å². The van der Waals surface area contributed by atoms with E-state index in [2.05, 4.69) is 5.32 Å². The van der Waals surface area contributed by atoms with Crippen LogP contribution in [0.1, 0.15) is 19.3 Å². The molecule has 1 saturated heterocycles. The number of nitrogens with one attached hydrogen (secondary N) is 1. The molecule has 0 unspecified atom stereocenters. The average Bonchev–Trinajstić information content (AvgIpc) is 2.41. The van der Waals surface area contributed by atoms with Gasteiger partial charge in [-0.3, -0.25) is 9.59 Å². The third-order valence-corrected chi connectivity index (χ3v) is 3.49. The standard InChI is InChI=1S/C14H17ClN2O3/c1-20-12-6-5-10(8-11(12)15)16-13(18)9-17-7-3-2-4-14(17)19/h5-6,8H,2-4,7,9H2,1H3,(H,16,18). The number of likely N-dealkylation sites (tertiary alicyclic amines) is 1. The minimum atomic E-state index is -0.221. The topological polar surface area (TPSA) is 58.6 Å². The highest BCUT2D eigenvalue weighted by Gasteiger charge is 2.20. The number of hydrogen-bond acceptors (Lipinski definition) is 3. The molecule has 1 aromatic carbocycles. The van der Waals surface area contributed by atoms with Gasteiger partial charge in [0.2, 0.25) is 11.8 Å². The van der Waals surface area contributed by atoms with Crippen LogP contribution in [0.3, 0.4) is 0 Å². The van der Waals surface area contributed by atoms with Gasteiger partial charge in [0.25, 0.3) is 0 Å². The molecule has 20 heavy (non-hydrogen) atoms. The van der Waals surface area contributed by atoms with Crippen LogP contribution >= 0.6 is 11.6 Å². The molecule has 1 aliphatic rings. The Morgan fingerprint density at radius 3 is 2.90 bits per heavy atom. The highest BCUT2D eigenvalue weighted by molar-refractivity contribution is 6.32. The second-order valence-electron chi connectivity index (χ2n) is 4.67. The van der Waals surface area contributed by atoms with Gasteiger partial charge >= 0.3 is 0 Å². The second-order valence-corrected chi connectivity index (χ2v) is 5.08. The number of methoxy groups -OCH3 is 1.